The van der Waals surface area contributed by atoms with Crippen molar-refractivity contribution in [2.45, 2.75) is 19.1 Å². The van der Waals surface area contributed by atoms with Crippen LogP contribution in [0.25, 0.3) is 0 Å². The lowest BCUT2D eigenvalue weighted by molar-refractivity contribution is 0.314. The molecular formula is C15H21N5O2S. The van der Waals surface area contributed by atoms with Crippen LogP contribution >= 0.6 is 11.8 Å². The van der Waals surface area contributed by atoms with E-state index in [1.54, 1.807) is 11.8 Å². The molecule has 0 aliphatic heterocycles. The molecular weight excluding hydrogens is 314 g/mol. The van der Waals surface area contributed by atoms with Gasteiger partial charge in [-0.2, -0.15) is 26.7 Å². The topological polar surface area (TPSA) is 109 Å². The fraction of sp³-hybridized carbons (Fsp3) is 0.400. The molecule has 7 nitrogen and oxygen atoms in total. The van der Waals surface area contributed by atoms with Gasteiger partial charge < -0.3 is 20.9 Å². The van der Waals surface area contributed by atoms with E-state index < -0.39 is 0 Å². The molecule has 0 unspecified atom stereocenters. The van der Waals surface area contributed by atoms with Gasteiger partial charge in [0.15, 0.2) is 0 Å². The molecule has 0 saturated carbocycles. The smallest absolute Gasteiger partial charge is 0.225 e. The molecule has 0 bridgehead atoms. The molecule has 0 spiro atoms. The van der Waals surface area contributed by atoms with Crippen LogP contribution in [-0.2, 0) is 5.75 Å². The summed E-state index contributed by atoms with van der Waals surface area (Å²) in [4.78, 5) is 11.8. The Hall–Kier alpha value is -2.22. The van der Waals surface area contributed by atoms with Gasteiger partial charge in [0.25, 0.3) is 0 Å². The lowest BCUT2D eigenvalue weighted by Crippen LogP contribution is -2.07. The minimum atomic E-state index is 0.148. The minimum Gasteiger partial charge on any atom is -0.494 e. The van der Waals surface area contributed by atoms with Gasteiger partial charge in [-0.1, -0.05) is 6.92 Å². The largest absolute Gasteiger partial charge is 0.494 e. The highest BCUT2D eigenvalue weighted by Crippen LogP contribution is 2.18. The van der Waals surface area contributed by atoms with Crippen LogP contribution in [0.2, 0.25) is 0 Å². The van der Waals surface area contributed by atoms with Crippen LogP contribution in [0.4, 0.5) is 11.9 Å². The van der Waals surface area contributed by atoms with E-state index in [1.807, 2.05) is 24.3 Å². The lowest BCUT2D eigenvalue weighted by Gasteiger charge is -2.08. The molecule has 0 amide bonds. The number of ether oxygens (including phenoxy) is 2. The first kappa shape index (κ1) is 17.1. The molecule has 124 valence electrons. The minimum absolute atomic E-state index is 0.148. The Morgan fingerprint density at radius 1 is 0.913 bits per heavy atom. The van der Waals surface area contributed by atoms with E-state index in [4.69, 9.17) is 20.9 Å². The summed E-state index contributed by atoms with van der Waals surface area (Å²) in [7, 11) is 0. The van der Waals surface area contributed by atoms with Crippen LogP contribution < -0.4 is 20.9 Å². The summed E-state index contributed by atoms with van der Waals surface area (Å²) in [5, 5.41) is 0. The van der Waals surface area contributed by atoms with Gasteiger partial charge in [0.05, 0.1) is 19.0 Å². The highest BCUT2D eigenvalue weighted by molar-refractivity contribution is 7.98. The molecule has 0 aliphatic rings. The molecule has 0 fully saturated rings. The summed E-state index contributed by atoms with van der Waals surface area (Å²) in [5.41, 5.74) is 11.0. The molecule has 0 aliphatic carbocycles. The number of nitrogens with two attached hydrogens (primary N) is 2. The van der Waals surface area contributed by atoms with Crippen molar-refractivity contribution in [3.8, 4) is 11.5 Å². The lowest BCUT2D eigenvalue weighted by atomic mass is 10.3. The average Bonchev–Trinajstić information content (AvgIpc) is 2.53. The first-order valence-electron chi connectivity index (χ1n) is 7.36. The molecule has 1 aromatic carbocycles. The molecule has 23 heavy (non-hydrogen) atoms. The number of hydrogen-bond acceptors (Lipinski definition) is 8. The van der Waals surface area contributed by atoms with E-state index in [-0.39, 0.29) is 11.9 Å². The van der Waals surface area contributed by atoms with Crippen molar-refractivity contribution >= 4 is 23.7 Å². The number of nitrogen functional groups attached to an aromatic ring is 2. The maximum absolute atomic E-state index is 5.67. The Labute approximate surface area is 139 Å². The van der Waals surface area contributed by atoms with E-state index in [1.165, 1.54) is 0 Å². The number of nitrogens with zero attached hydrogens (tertiary/aromatic N) is 3. The fourth-order valence-electron chi connectivity index (χ4n) is 1.76. The Morgan fingerprint density at radius 2 is 1.48 bits per heavy atom. The van der Waals surface area contributed by atoms with Crippen molar-refractivity contribution in [2.24, 2.45) is 0 Å². The maximum atomic E-state index is 5.67. The van der Waals surface area contributed by atoms with Gasteiger partial charge in [0.2, 0.25) is 11.9 Å². The van der Waals surface area contributed by atoms with Gasteiger partial charge in [-0.05, 0) is 30.7 Å². The summed E-state index contributed by atoms with van der Waals surface area (Å²) >= 11 is 1.64. The normalized spacial score (nSPS) is 10.5. The summed E-state index contributed by atoms with van der Waals surface area (Å²) in [6, 6.07) is 7.63. The second-order valence-corrected chi connectivity index (χ2v) is 5.79. The van der Waals surface area contributed by atoms with Gasteiger partial charge in [-0.3, -0.25) is 0 Å². The molecule has 1 aromatic heterocycles. The third kappa shape index (κ3) is 6.19. The first-order valence-corrected chi connectivity index (χ1v) is 8.52. The molecule has 0 radical (unpaired) electrons. The Balaban J connectivity index is 1.67. The zero-order chi connectivity index (χ0) is 16.5. The molecule has 2 aromatic rings. The second-order valence-electron chi connectivity index (χ2n) is 4.69. The van der Waals surface area contributed by atoms with Crippen LogP contribution in [0, 0.1) is 0 Å². The predicted octanol–water partition coefficient (Wildman–Crippen LogP) is 2.14. The van der Waals surface area contributed by atoms with Gasteiger partial charge in [-0.15, -0.1) is 0 Å². The number of thioether (sulfide) groups is 1. The highest BCUT2D eigenvalue weighted by atomic mass is 32.2. The SMILES string of the molecule is CCCOc1ccc(OCCSCc2nc(N)nc(N)n2)cc1. The number of aromatic nitrogens is 3. The van der Waals surface area contributed by atoms with Crippen LogP contribution in [0.1, 0.15) is 19.2 Å². The maximum Gasteiger partial charge on any atom is 0.225 e. The zero-order valence-corrected chi connectivity index (χ0v) is 13.9. The Kier molecular flexibility index (Phi) is 6.74. The van der Waals surface area contributed by atoms with Crippen molar-refractivity contribution in [3.05, 3.63) is 30.1 Å². The van der Waals surface area contributed by atoms with Crippen molar-refractivity contribution in [3.63, 3.8) is 0 Å². The third-order valence-corrected chi connectivity index (χ3v) is 3.66. The summed E-state index contributed by atoms with van der Waals surface area (Å²) < 4.78 is 11.2. The molecule has 0 saturated heterocycles. The standard InChI is InChI=1S/C15H21N5O2S/c1-2-7-21-11-3-5-12(6-4-11)22-8-9-23-10-13-18-14(16)20-15(17)19-13/h3-6H,2,7-10H2,1H3,(H4,16,17,18,19,20). The Bertz CT molecular complexity index is 589. The molecule has 4 N–H and O–H groups in total. The van der Waals surface area contributed by atoms with E-state index in [2.05, 4.69) is 21.9 Å². The molecule has 2 rings (SSSR count). The van der Waals surface area contributed by atoms with E-state index in [0.29, 0.717) is 18.2 Å². The predicted molar refractivity (Wildman–Crippen MR) is 92.5 cm³/mol. The van der Waals surface area contributed by atoms with Crippen LogP contribution in [0.15, 0.2) is 24.3 Å². The van der Waals surface area contributed by atoms with Crippen molar-refractivity contribution < 1.29 is 9.47 Å². The fourth-order valence-corrected chi connectivity index (χ4v) is 2.41. The summed E-state index contributed by atoms with van der Waals surface area (Å²) in [5.74, 6) is 3.98. The highest BCUT2D eigenvalue weighted by Gasteiger charge is 2.02. The van der Waals surface area contributed by atoms with Crippen LogP contribution in [0.3, 0.4) is 0 Å². The molecule has 0 atom stereocenters. The molecule has 1 heterocycles. The van der Waals surface area contributed by atoms with E-state index in [0.717, 1.165) is 30.3 Å². The van der Waals surface area contributed by atoms with Crippen molar-refractivity contribution in [2.75, 3.05) is 30.4 Å². The average molecular weight is 335 g/mol. The zero-order valence-electron chi connectivity index (χ0n) is 13.1. The van der Waals surface area contributed by atoms with Crippen molar-refractivity contribution in [1.29, 1.82) is 0 Å². The first-order chi connectivity index (χ1) is 11.2. The van der Waals surface area contributed by atoms with Gasteiger partial charge >= 0.3 is 0 Å². The summed E-state index contributed by atoms with van der Waals surface area (Å²) in [6.07, 6.45) is 0.994. The Morgan fingerprint density at radius 3 is 2.04 bits per heavy atom. The van der Waals surface area contributed by atoms with E-state index >= 15 is 0 Å². The second kappa shape index (κ2) is 9.04. The van der Waals surface area contributed by atoms with Gasteiger partial charge in [0.1, 0.15) is 17.3 Å². The van der Waals surface area contributed by atoms with Gasteiger partial charge in [-0.25, -0.2) is 0 Å². The van der Waals surface area contributed by atoms with Crippen LogP contribution in [-0.4, -0.2) is 33.9 Å². The van der Waals surface area contributed by atoms with Crippen molar-refractivity contribution in [1.82, 2.24) is 15.0 Å². The molecule has 8 heteroatoms. The number of benzene rings is 1. The third-order valence-electron chi connectivity index (χ3n) is 2.74. The number of rotatable bonds is 9. The monoisotopic (exact) mass is 335 g/mol. The van der Waals surface area contributed by atoms with Crippen LogP contribution in [0.5, 0.6) is 11.5 Å². The number of anilines is 2. The quantitative estimate of drug-likeness (QED) is 0.671. The van der Waals surface area contributed by atoms with E-state index in [9.17, 15) is 0 Å². The number of hydrogen-bond donors (Lipinski definition) is 2. The summed E-state index contributed by atoms with van der Waals surface area (Å²) in [6.45, 7) is 3.40. The van der Waals surface area contributed by atoms with Gasteiger partial charge in [0, 0.05) is 5.75 Å².